The van der Waals surface area contributed by atoms with Gasteiger partial charge >= 0.3 is 6.18 Å². The molecule has 0 spiro atoms. The van der Waals surface area contributed by atoms with Crippen LogP contribution in [0, 0.1) is 0 Å². The largest absolute Gasteiger partial charge is 0.416 e. The Balaban J connectivity index is 1.65. The molecule has 6 nitrogen and oxygen atoms in total. The minimum absolute atomic E-state index is 0.136. The fourth-order valence-corrected chi connectivity index (χ4v) is 4.20. The van der Waals surface area contributed by atoms with Crippen LogP contribution in [0.2, 0.25) is 0 Å². The van der Waals surface area contributed by atoms with E-state index >= 15 is 0 Å². The molecule has 2 aromatic heterocycles. The van der Waals surface area contributed by atoms with Crippen molar-refractivity contribution in [3.63, 3.8) is 0 Å². The number of likely N-dealkylation sites (N-methyl/N-ethyl adjacent to an activating group) is 1. The van der Waals surface area contributed by atoms with E-state index in [1.54, 1.807) is 23.8 Å². The number of aromatic nitrogens is 4. The third kappa shape index (κ3) is 3.78. The van der Waals surface area contributed by atoms with Gasteiger partial charge in [-0.3, -0.25) is 0 Å². The summed E-state index contributed by atoms with van der Waals surface area (Å²) in [6, 6.07) is 7.61. The Hall–Kier alpha value is -2.68. The lowest BCUT2D eigenvalue weighted by Gasteiger charge is -2.32. The molecule has 0 radical (unpaired) electrons. The van der Waals surface area contributed by atoms with E-state index < -0.39 is 11.7 Å². The standard InChI is InChI=1S/C20H22F3N5O/c1-27(18-10-15(11-29-2)26-19-24-12-25-28(18)19)17-5-3-4-16(17)13-6-8-14(9-7-13)20(21,22)23/h6-10,12,16-17H,3-5,11H2,1-2H3/t16-,17-/m0/s1. The Kier molecular flexibility index (Phi) is 5.16. The number of hydrogen-bond acceptors (Lipinski definition) is 5. The summed E-state index contributed by atoms with van der Waals surface area (Å²) >= 11 is 0. The summed E-state index contributed by atoms with van der Waals surface area (Å²) in [5.41, 5.74) is 1.05. The van der Waals surface area contributed by atoms with Crippen LogP contribution in [0.1, 0.15) is 42.0 Å². The number of halogens is 3. The van der Waals surface area contributed by atoms with Crippen molar-refractivity contribution < 1.29 is 17.9 Å². The van der Waals surface area contributed by atoms with Crippen LogP contribution in [-0.2, 0) is 17.5 Å². The molecule has 1 aliphatic rings. The second-order valence-electron chi connectivity index (χ2n) is 7.35. The average Bonchev–Trinajstić information content (AvgIpc) is 3.36. The summed E-state index contributed by atoms with van der Waals surface area (Å²) in [5.74, 6) is 1.47. The molecule has 1 fully saturated rings. The van der Waals surface area contributed by atoms with Crippen LogP contribution in [0.5, 0.6) is 0 Å². The summed E-state index contributed by atoms with van der Waals surface area (Å²) in [4.78, 5) is 10.8. The van der Waals surface area contributed by atoms with Gasteiger partial charge in [-0.1, -0.05) is 18.6 Å². The van der Waals surface area contributed by atoms with Crippen molar-refractivity contribution in [3.05, 3.63) is 53.5 Å². The summed E-state index contributed by atoms with van der Waals surface area (Å²) in [7, 11) is 3.59. The molecule has 2 heterocycles. The van der Waals surface area contributed by atoms with Crippen molar-refractivity contribution in [1.29, 1.82) is 0 Å². The zero-order valence-electron chi connectivity index (χ0n) is 16.2. The number of methoxy groups -OCH3 is 1. The van der Waals surface area contributed by atoms with Gasteiger partial charge in [0, 0.05) is 32.2 Å². The van der Waals surface area contributed by atoms with E-state index in [-0.39, 0.29) is 12.0 Å². The highest BCUT2D eigenvalue weighted by molar-refractivity contribution is 5.48. The second-order valence-corrected chi connectivity index (χ2v) is 7.35. The molecule has 4 rings (SSSR count). The summed E-state index contributed by atoms with van der Waals surface area (Å²) in [6.07, 6.45) is 0.0184. The van der Waals surface area contributed by atoms with Crippen molar-refractivity contribution >= 4 is 11.6 Å². The lowest BCUT2D eigenvalue weighted by molar-refractivity contribution is -0.137. The minimum Gasteiger partial charge on any atom is -0.378 e. The normalized spacial score (nSPS) is 19.8. The van der Waals surface area contributed by atoms with E-state index in [4.69, 9.17) is 4.74 Å². The van der Waals surface area contributed by atoms with E-state index in [1.807, 2.05) is 13.1 Å². The summed E-state index contributed by atoms with van der Waals surface area (Å²) < 4.78 is 45.6. The third-order valence-corrected chi connectivity index (χ3v) is 5.58. The molecule has 154 valence electrons. The molecule has 29 heavy (non-hydrogen) atoms. The van der Waals surface area contributed by atoms with Crippen LogP contribution in [0.25, 0.3) is 5.78 Å². The molecule has 0 aliphatic heterocycles. The average molecular weight is 405 g/mol. The minimum atomic E-state index is -4.32. The highest BCUT2D eigenvalue weighted by Gasteiger charge is 2.34. The lowest BCUT2D eigenvalue weighted by Crippen LogP contribution is -2.35. The van der Waals surface area contributed by atoms with Crippen molar-refractivity contribution in [2.45, 2.75) is 44.0 Å². The Morgan fingerprint density at radius 3 is 2.66 bits per heavy atom. The van der Waals surface area contributed by atoms with E-state index in [9.17, 15) is 13.2 Å². The number of benzene rings is 1. The molecule has 0 unspecified atom stereocenters. The van der Waals surface area contributed by atoms with Crippen molar-refractivity contribution in [3.8, 4) is 0 Å². The van der Waals surface area contributed by atoms with Crippen molar-refractivity contribution in [1.82, 2.24) is 19.6 Å². The molecule has 1 aromatic carbocycles. The number of hydrogen-bond donors (Lipinski definition) is 0. The number of nitrogens with zero attached hydrogens (tertiary/aromatic N) is 5. The number of anilines is 1. The first-order valence-electron chi connectivity index (χ1n) is 9.47. The second kappa shape index (κ2) is 7.62. The molecule has 1 aliphatic carbocycles. The SMILES string of the molecule is COCc1cc(N(C)[C@H]2CCC[C@H]2c2ccc(C(F)(F)F)cc2)n2ncnc2n1. The number of ether oxygens (including phenoxy) is 1. The van der Waals surface area contributed by atoms with Gasteiger partial charge in [-0.15, -0.1) is 0 Å². The number of fused-ring (bicyclic) bond motifs is 1. The van der Waals surface area contributed by atoms with Crippen LogP contribution >= 0.6 is 0 Å². The maximum Gasteiger partial charge on any atom is 0.416 e. The quantitative estimate of drug-likeness (QED) is 0.641. The van der Waals surface area contributed by atoms with E-state index in [2.05, 4.69) is 20.0 Å². The first-order chi connectivity index (χ1) is 13.9. The summed E-state index contributed by atoms with van der Waals surface area (Å²) in [5, 5.41) is 4.28. The fraction of sp³-hybridized carbons (Fsp3) is 0.450. The van der Waals surface area contributed by atoms with Crippen LogP contribution in [0.3, 0.4) is 0 Å². The van der Waals surface area contributed by atoms with Gasteiger partial charge in [0.05, 0.1) is 17.9 Å². The highest BCUT2D eigenvalue weighted by Crippen LogP contribution is 2.40. The zero-order chi connectivity index (χ0) is 20.6. The molecule has 0 bridgehead atoms. The summed E-state index contributed by atoms with van der Waals surface area (Å²) in [6.45, 7) is 0.358. The smallest absolute Gasteiger partial charge is 0.378 e. The monoisotopic (exact) mass is 405 g/mol. The molecular weight excluding hydrogens is 383 g/mol. The van der Waals surface area contributed by atoms with E-state index in [1.165, 1.54) is 18.5 Å². The van der Waals surface area contributed by atoms with Gasteiger partial charge in [-0.25, -0.2) is 4.98 Å². The fourth-order valence-electron chi connectivity index (χ4n) is 4.20. The molecule has 0 saturated heterocycles. The molecule has 3 aromatic rings. The van der Waals surface area contributed by atoms with Crippen LogP contribution in [-0.4, -0.2) is 39.8 Å². The maximum absolute atomic E-state index is 12.9. The van der Waals surface area contributed by atoms with Crippen molar-refractivity contribution in [2.75, 3.05) is 19.1 Å². The van der Waals surface area contributed by atoms with Gasteiger partial charge in [-0.2, -0.15) is 27.8 Å². The van der Waals surface area contributed by atoms with Gasteiger partial charge in [0.2, 0.25) is 0 Å². The van der Waals surface area contributed by atoms with E-state index in [0.717, 1.165) is 36.3 Å². The first-order valence-corrected chi connectivity index (χ1v) is 9.47. The third-order valence-electron chi connectivity index (χ3n) is 5.58. The zero-order valence-corrected chi connectivity index (χ0v) is 16.2. The number of rotatable bonds is 5. The Labute approximate surface area is 166 Å². The Morgan fingerprint density at radius 1 is 1.21 bits per heavy atom. The predicted molar refractivity (Wildman–Crippen MR) is 102 cm³/mol. The molecule has 0 amide bonds. The maximum atomic E-state index is 12.9. The van der Waals surface area contributed by atoms with Gasteiger partial charge in [0.15, 0.2) is 0 Å². The Bertz CT molecular complexity index is 986. The first kappa shape index (κ1) is 19.6. The van der Waals surface area contributed by atoms with Gasteiger partial charge in [0.25, 0.3) is 5.78 Å². The highest BCUT2D eigenvalue weighted by atomic mass is 19.4. The topological polar surface area (TPSA) is 55.6 Å². The molecule has 9 heteroatoms. The predicted octanol–water partition coefficient (Wildman–Crippen LogP) is 4.06. The molecule has 2 atom stereocenters. The molecule has 0 N–H and O–H groups in total. The molecule has 1 saturated carbocycles. The van der Waals surface area contributed by atoms with Gasteiger partial charge < -0.3 is 9.64 Å². The van der Waals surface area contributed by atoms with Crippen LogP contribution in [0.15, 0.2) is 36.7 Å². The van der Waals surface area contributed by atoms with E-state index in [0.29, 0.717) is 12.4 Å². The van der Waals surface area contributed by atoms with Crippen LogP contribution in [0.4, 0.5) is 19.0 Å². The molecular formula is C20H22F3N5O. The van der Waals surface area contributed by atoms with Gasteiger partial charge in [-0.05, 0) is 30.5 Å². The van der Waals surface area contributed by atoms with Crippen LogP contribution < -0.4 is 4.90 Å². The Morgan fingerprint density at radius 2 is 1.97 bits per heavy atom. The lowest BCUT2D eigenvalue weighted by atomic mass is 9.92. The number of alkyl halides is 3. The van der Waals surface area contributed by atoms with Crippen molar-refractivity contribution in [2.24, 2.45) is 0 Å². The van der Waals surface area contributed by atoms with Gasteiger partial charge in [0.1, 0.15) is 12.1 Å².